The van der Waals surface area contributed by atoms with Crippen LogP contribution in [0.15, 0.2) is 0 Å². The summed E-state index contributed by atoms with van der Waals surface area (Å²) in [5.41, 5.74) is -0.157. The molecule has 1 amide bonds. The lowest BCUT2D eigenvalue weighted by atomic mass is 9.84. The monoisotopic (exact) mass is 157 g/mol. The van der Waals surface area contributed by atoms with Gasteiger partial charge in [-0.1, -0.05) is 20.8 Å². The minimum absolute atomic E-state index is 0.157. The van der Waals surface area contributed by atoms with Gasteiger partial charge in [-0.2, -0.15) is 0 Å². The van der Waals surface area contributed by atoms with Gasteiger partial charge in [-0.15, -0.1) is 0 Å². The Morgan fingerprint density at radius 2 is 1.73 bits per heavy atom. The van der Waals surface area contributed by atoms with Crippen LogP contribution in [0, 0.1) is 5.41 Å². The summed E-state index contributed by atoms with van der Waals surface area (Å²) in [5, 5.41) is 2.85. The lowest BCUT2D eigenvalue weighted by Crippen LogP contribution is -2.37. The summed E-state index contributed by atoms with van der Waals surface area (Å²) in [5.74, 6) is 0.185. The van der Waals surface area contributed by atoms with Gasteiger partial charge >= 0.3 is 0 Å². The van der Waals surface area contributed by atoms with Crippen LogP contribution in [0.2, 0.25) is 0 Å². The summed E-state index contributed by atoms with van der Waals surface area (Å²) in [4.78, 5) is 11.4. The van der Waals surface area contributed by atoms with Gasteiger partial charge in [0.15, 0.2) is 0 Å². The highest BCUT2D eigenvalue weighted by Crippen LogP contribution is 2.24. The molecule has 0 aliphatic heterocycles. The molecule has 0 aliphatic rings. The van der Waals surface area contributed by atoms with Crippen LogP contribution < -0.4 is 5.32 Å². The van der Waals surface area contributed by atoms with Crippen molar-refractivity contribution in [2.75, 3.05) is 6.54 Å². The fourth-order valence-electron chi connectivity index (χ4n) is 0.945. The minimum Gasteiger partial charge on any atom is -0.356 e. The van der Waals surface area contributed by atoms with Crippen molar-refractivity contribution in [3.05, 3.63) is 0 Å². The first-order valence-electron chi connectivity index (χ1n) is 4.39. The SMILES string of the molecule is CCNC(=O)C(C)(CC)CC. The van der Waals surface area contributed by atoms with Crippen molar-refractivity contribution in [1.29, 1.82) is 0 Å². The first kappa shape index (κ1) is 10.5. The molecule has 0 rings (SSSR count). The largest absolute Gasteiger partial charge is 0.356 e. The maximum absolute atomic E-state index is 11.4. The predicted molar refractivity (Wildman–Crippen MR) is 47.4 cm³/mol. The van der Waals surface area contributed by atoms with Gasteiger partial charge in [0.25, 0.3) is 0 Å². The Morgan fingerprint density at radius 3 is 2.00 bits per heavy atom. The number of rotatable bonds is 4. The van der Waals surface area contributed by atoms with Crippen LogP contribution in [-0.4, -0.2) is 12.5 Å². The van der Waals surface area contributed by atoms with E-state index >= 15 is 0 Å². The number of hydrogen-bond acceptors (Lipinski definition) is 1. The van der Waals surface area contributed by atoms with Crippen molar-refractivity contribution in [1.82, 2.24) is 5.32 Å². The molecule has 0 saturated heterocycles. The van der Waals surface area contributed by atoms with Gasteiger partial charge in [0.2, 0.25) is 5.91 Å². The topological polar surface area (TPSA) is 29.1 Å². The zero-order valence-corrected chi connectivity index (χ0v) is 8.03. The maximum atomic E-state index is 11.4. The van der Waals surface area contributed by atoms with E-state index in [1.165, 1.54) is 0 Å². The number of amides is 1. The molecule has 1 N–H and O–H groups in total. The number of carbonyl (C=O) groups is 1. The van der Waals surface area contributed by atoms with Gasteiger partial charge < -0.3 is 5.32 Å². The predicted octanol–water partition coefficient (Wildman–Crippen LogP) is 1.95. The Hall–Kier alpha value is -0.530. The minimum atomic E-state index is -0.157. The van der Waals surface area contributed by atoms with Crippen LogP contribution in [0.5, 0.6) is 0 Å². The highest BCUT2D eigenvalue weighted by molar-refractivity contribution is 5.81. The van der Waals surface area contributed by atoms with E-state index in [9.17, 15) is 4.79 Å². The van der Waals surface area contributed by atoms with Crippen molar-refractivity contribution >= 4 is 5.91 Å². The molecule has 0 bridgehead atoms. The Kier molecular flexibility index (Phi) is 4.16. The van der Waals surface area contributed by atoms with E-state index in [-0.39, 0.29) is 11.3 Å². The van der Waals surface area contributed by atoms with E-state index in [1.54, 1.807) is 0 Å². The van der Waals surface area contributed by atoms with Crippen LogP contribution in [0.4, 0.5) is 0 Å². The molecule has 0 spiro atoms. The van der Waals surface area contributed by atoms with Gasteiger partial charge in [-0.25, -0.2) is 0 Å². The second-order valence-electron chi connectivity index (χ2n) is 3.13. The Balaban J connectivity index is 4.12. The Labute approximate surface area is 69.4 Å². The van der Waals surface area contributed by atoms with Crippen molar-refractivity contribution in [2.24, 2.45) is 5.41 Å². The molecule has 11 heavy (non-hydrogen) atoms. The van der Waals surface area contributed by atoms with Crippen LogP contribution in [-0.2, 0) is 4.79 Å². The zero-order chi connectivity index (χ0) is 8.91. The molecule has 2 nitrogen and oxygen atoms in total. The molecule has 0 radical (unpaired) electrons. The standard InChI is InChI=1S/C9H19NO/c1-5-9(4,6-2)8(11)10-7-3/h5-7H2,1-4H3,(H,10,11). The van der Waals surface area contributed by atoms with E-state index in [1.807, 2.05) is 13.8 Å². The van der Waals surface area contributed by atoms with Crippen LogP contribution >= 0.6 is 0 Å². The second kappa shape index (κ2) is 4.37. The van der Waals surface area contributed by atoms with E-state index in [2.05, 4.69) is 19.2 Å². The second-order valence-corrected chi connectivity index (χ2v) is 3.13. The molecule has 0 heterocycles. The van der Waals surface area contributed by atoms with Gasteiger partial charge in [-0.05, 0) is 19.8 Å². The Bertz CT molecular complexity index is 128. The molecule has 0 aliphatic carbocycles. The summed E-state index contributed by atoms with van der Waals surface area (Å²) >= 11 is 0. The summed E-state index contributed by atoms with van der Waals surface area (Å²) in [6.07, 6.45) is 1.82. The van der Waals surface area contributed by atoms with Crippen molar-refractivity contribution < 1.29 is 4.79 Å². The number of carbonyl (C=O) groups excluding carboxylic acids is 1. The average molecular weight is 157 g/mol. The first-order chi connectivity index (χ1) is 5.10. The molecular weight excluding hydrogens is 138 g/mol. The molecule has 0 unspecified atom stereocenters. The normalized spacial score (nSPS) is 11.3. The van der Waals surface area contributed by atoms with E-state index in [0.717, 1.165) is 19.4 Å². The third-order valence-electron chi connectivity index (χ3n) is 2.45. The summed E-state index contributed by atoms with van der Waals surface area (Å²) in [6.45, 7) is 8.80. The molecule has 0 aromatic rings. The molecule has 2 heteroatoms. The first-order valence-corrected chi connectivity index (χ1v) is 4.39. The van der Waals surface area contributed by atoms with E-state index in [0.29, 0.717) is 0 Å². The summed E-state index contributed by atoms with van der Waals surface area (Å²) < 4.78 is 0. The lowest BCUT2D eigenvalue weighted by Gasteiger charge is -2.24. The lowest BCUT2D eigenvalue weighted by molar-refractivity contribution is -0.130. The molecule has 0 aromatic carbocycles. The third kappa shape index (κ3) is 2.52. The average Bonchev–Trinajstić information content (AvgIpc) is 2.03. The summed E-state index contributed by atoms with van der Waals surface area (Å²) in [6, 6.07) is 0. The quantitative estimate of drug-likeness (QED) is 0.664. The number of nitrogens with one attached hydrogen (secondary N) is 1. The van der Waals surface area contributed by atoms with Crippen molar-refractivity contribution in [2.45, 2.75) is 40.5 Å². The van der Waals surface area contributed by atoms with Crippen LogP contribution in [0.1, 0.15) is 40.5 Å². The third-order valence-corrected chi connectivity index (χ3v) is 2.45. The van der Waals surface area contributed by atoms with Crippen LogP contribution in [0.25, 0.3) is 0 Å². The Morgan fingerprint density at radius 1 is 1.27 bits per heavy atom. The van der Waals surface area contributed by atoms with Gasteiger partial charge in [0.05, 0.1) is 0 Å². The molecule has 0 atom stereocenters. The zero-order valence-electron chi connectivity index (χ0n) is 8.03. The molecule has 66 valence electrons. The van der Waals surface area contributed by atoms with Crippen LogP contribution in [0.3, 0.4) is 0 Å². The molecule has 0 aromatic heterocycles. The van der Waals surface area contributed by atoms with E-state index in [4.69, 9.17) is 0 Å². The van der Waals surface area contributed by atoms with Crippen molar-refractivity contribution in [3.8, 4) is 0 Å². The number of hydrogen-bond donors (Lipinski definition) is 1. The highest BCUT2D eigenvalue weighted by Gasteiger charge is 2.27. The fraction of sp³-hybridized carbons (Fsp3) is 0.889. The van der Waals surface area contributed by atoms with Crippen molar-refractivity contribution in [3.63, 3.8) is 0 Å². The molecule has 0 saturated carbocycles. The fourth-order valence-corrected chi connectivity index (χ4v) is 0.945. The molecular formula is C9H19NO. The highest BCUT2D eigenvalue weighted by atomic mass is 16.2. The van der Waals surface area contributed by atoms with Gasteiger partial charge in [0.1, 0.15) is 0 Å². The van der Waals surface area contributed by atoms with E-state index < -0.39 is 0 Å². The summed E-state index contributed by atoms with van der Waals surface area (Å²) in [7, 11) is 0. The smallest absolute Gasteiger partial charge is 0.225 e. The molecule has 0 fully saturated rings. The van der Waals surface area contributed by atoms with Gasteiger partial charge in [-0.3, -0.25) is 4.79 Å². The maximum Gasteiger partial charge on any atom is 0.225 e. The van der Waals surface area contributed by atoms with Gasteiger partial charge in [0, 0.05) is 12.0 Å².